The fourth-order valence-electron chi connectivity index (χ4n) is 4.34. The number of carbonyl (C=O) groups is 4. The van der Waals surface area contributed by atoms with Crippen LogP contribution in [0, 0.1) is 27.9 Å². The van der Waals surface area contributed by atoms with Crippen molar-refractivity contribution < 1.29 is 24.1 Å². The maximum Gasteiger partial charge on any atom is 0.273 e. The van der Waals surface area contributed by atoms with Crippen molar-refractivity contribution in [1.82, 2.24) is 10.0 Å². The van der Waals surface area contributed by atoms with Crippen LogP contribution in [0.2, 0.25) is 5.02 Å². The topological polar surface area (TPSA) is 118 Å². The standard InChI is InChI=1S/C24H20ClN3O6/c1-14-3-2-4-19-21(14)24(32)27(23(19)31)26(22(30)16-5-9-17(25)10-6-16)13-20(29)15-7-11-18(12-8-15)28(33)34/h2-3,5-12,14,19,21H,4,13H2,1H3/t14-,19+,21-/m1/s1. The number of allylic oxidation sites excluding steroid dienone is 2. The molecule has 3 atom stereocenters. The largest absolute Gasteiger partial charge is 0.292 e. The lowest BCUT2D eigenvalue weighted by atomic mass is 9.78. The van der Waals surface area contributed by atoms with E-state index in [0.29, 0.717) is 11.4 Å². The number of carbonyl (C=O) groups excluding carboxylic acids is 4. The van der Waals surface area contributed by atoms with Crippen LogP contribution in [-0.2, 0) is 9.59 Å². The molecule has 9 nitrogen and oxygen atoms in total. The minimum Gasteiger partial charge on any atom is -0.292 e. The zero-order valence-corrected chi connectivity index (χ0v) is 18.8. The van der Waals surface area contributed by atoms with Gasteiger partial charge < -0.3 is 0 Å². The average molecular weight is 482 g/mol. The van der Waals surface area contributed by atoms with Gasteiger partial charge in [0.25, 0.3) is 23.4 Å². The van der Waals surface area contributed by atoms with Gasteiger partial charge >= 0.3 is 0 Å². The van der Waals surface area contributed by atoms with E-state index in [-0.39, 0.29) is 22.7 Å². The van der Waals surface area contributed by atoms with Gasteiger partial charge in [-0.2, -0.15) is 5.01 Å². The quantitative estimate of drug-likeness (QED) is 0.204. The van der Waals surface area contributed by atoms with Crippen molar-refractivity contribution in [2.24, 2.45) is 17.8 Å². The third-order valence-electron chi connectivity index (χ3n) is 6.11. The molecule has 1 heterocycles. The molecule has 2 aromatic carbocycles. The Balaban J connectivity index is 1.68. The number of halogens is 1. The van der Waals surface area contributed by atoms with Gasteiger partial charge in [-0.3, -0.25) is 29.3 Å². The van der Waals surface area contributed by atoms with Crippen LogP contribution in [0.15, 0.2) is 60.7 Å². The summed E-state index contributed by atoms with van der Waals surface area (Å²) in [5.74, 6) is -3.80. The van der Waals surface area contributed by atoms with E-state index in [1.807, 2.05) is 19.1 Å². The Morgan fingerprint density at radius 3 is 2.26 bits per heavy atom. The number of hydrogen-bond acceptors (Lipinski definition) is 6. The highest BCUT2D eigenvalue weighted by Crippen LogP contribution is 2.39. The first kappa shape index (κ1) is 23.3. The number of nitro groups is 1. The Morgan fingerprint density at radius 1 is 1.06 bits per heavy atom. The number of nitro benzene ring substituents is 1. The fraction of sp³-hybridized carbons (Fsp3) is 0.250. The zero-order chi connectivity index (χ0) is 24.6. The predicted molar refractivity (Wildman–Crippen MR) is 122 cm³/mol. The molecule has 0 aromatic heterocycles. The Kier molecular flexibility index (Phi) is 6.30. The molecule has 0 bridgehead atoms. The van der Waals surface area contributed by atoms with Crippen molar-refractivity contribution in [3.63, 3.8) is 0 Å². The molecule has 0 spiro atoms. The van der Waals surface area contributed by atoms with Crippen LogP contribution in [0.25, 0.3) is 0 Å². The number of benzene rings is 2. The number of rotatable bonds is 6. The van der Waals surface area contributed by atoms with E-state index < -0.39 is 46.8 Å². The molecule has 1 fully saturated rings. The SMILES string of the molecule is C[C@@H]1C=CC[C@@H]2C(=O)N(N(CC(=O)c3ccc([N+](=O)[O-])cc3)C(=O)c3ccc(Cl)cc3)C(=O)[C@H]12. The second-order valence-corrected chi connectivity index (χ2v) is 8.68. The first-order valence-corrected chi connectivity index (χ1v) is 11.0. The first-order valence-electron chi connectivity index (χ1n) is 10.6. The molecular weight excluding hydrogens is 462 g/mol. The summed E-state index contributed by atoms with van der Waals surface area (Å²) in [6, 6.07) is 10.7. The molecule has 0 radical (unpaired) electrons. The molecule has 0 N–H and O–H groups in total. The van der Waals surface area contributed by atoms with Crippen LogP contribution in [0.5, 0.6) is 0 Å². The van der Waals surface area contributed by atoms with Gasteiger partial charge in [-0.1, -0.05) is 30.7 Å². The van der Waals surface area contributed by atoms with Crippen molar-refractivity contribution in [1.29, 1.82) is 0 Å². The molecule has 4 rings (SSSR count). The van der Waals surface area contributed by atoms with Gasteiger partial charge in [-0.15, -0.1) is 0 Å². The van der Waals surface area contributed by atoms with Crippen LogP contribution in [-0.4, -0.2) is 45.0 Å². The van der Waals surface area contributed by atoms with Crippen LogP contribution in [0.1, 0.15) is 34.1 Å². The summed E-state index contributed by atoms with van der Waals surface area (Å²) >= 11 is 5.91. The van der Waals surface area contributed by atoms with Gasteiger partial charge in [0.05, 0.1) is 16.8 Å². The third-order valence-corrected chi connectivity index (χ3v) is 6.36. The molecule has 0 unspecified atom stereocenters. The van der Waals surface area contributed by atoms with E-state index in [9.17, 15) is 29.3 Å². The molecule has 2 aliphatic rings. The normalized spacial score (nSPS) is 21.4. The van der Waals surface area contributed by atoms with Crippen LogP contribution < -0.4 is 0 Å². The highest BCUT2D eigenvalue weighted by molar-refractivity contribution is 6.30. The van der Waals surface area contributed by atoms with Gasteiger partial charge in [0.1, 0.15) is 6.54 Å². The number of hydrogen-bond donors (Lipinski definition) is 0. The van der Waals surface area contributed by atoms with E-state index in [1.165, 1.54) is 48.5 Å². The molecule has 1 aliphatic heterocycles. The van der Waals surface area contributed by atoms with E-state index in [1.54, 1.807) is 0 Å². The summed E-state index contributed by atoms with van der Waals surface area (Å²) < 4.78 is 0. The highest BCUT2D eigenvalue weighted by atomic mass is 35.5. The van der Waals surface area contributed by atoms with Crippen molar-refractivity contribution in [3.05, 3.63) is 86.9 Å². The summed E-state index contributed by atoms with van der Waals surface area (Å²) in [5, 5.41) is 12.9. The van der Waals surface area contributed by atoms with Crippen molar-refractivity contribution in [2.75, 3.05) is 6.54 Å². The molecule has 34 heavy (non-hydrogen) atoms. The Labute approximate surface area is 199 Å². The minimum absolute atomic E-state index is 0.103. The number of nitrogens with zero attached hydrogens (tertiary/aromatic N) is 3. The van der Waals surface area contributed by atoms with E-state index in [4.69, 9.17) is 11.6 Å². The second kappa shape index (κ2) is 9.18. The molecule has 1 saturated heterocycles. The van der Waals surface area contributed by atoms with E-state index in [0.717, 1.165) is 10.0 Å². The van der Waals surface area contributed by atoms with Gasteiger partial charge in [0, 0.05) is 28.3 Å². The van der Waals surface area contributed by atoms with Gasteiger partial charge in [0.2, 0.25) is 0 Å². The maximum absolute atomic E-state index is 13.4. The van der Waals surface area contributed by atoms with E-state index in [2.05, 4.69) is 0 Å². The average Bonchev–Trinajstić information content (AvgIpc) is 3.08. The van der Waals surface area contributed by atoms with Crippen LogP contribution in [0.4, 0.5) is 5.69 Å². The molecule has 174 valence electrons. The summed E-state index contributed by atoms with van der Waals surface area (Å²) in [4.78, 5) is 63.3. The Morgan fingerprint density at radius 2 is 1.68 bits per heavy atom. The van der Waals surface area contributed by atoms with Crippen molar-refractivity contribution >= 4 is 40.8 Å². The van der Waals surface area contributed by atoms with Crippen molar-refractivity contribution in [3.8, 4) is 0 Å². The fourth-order valence-corrected chi connectivity index (χ4v) is 4.47. The summed E-state index contributed by atoms with van der Waals surface area (Å²) in [6.07, 6.45) is 4.08. The molecular formula is C24H20ClN3O6. The Hall–Kier alpha value is -3.85. The van der Waals surface area contributed by atoms with Gasteiger partial charge in [-0.05, 0) is 48.7 Å². The smallest absolute Gasteiger partial charge is 0.273 e. The lowest BCUT2D eigenvalue weighted by Crippen LogP contribution is -2.52. The summed E-state index contributed by atoms with van der Waals surface area (Å²) in [7, 11) is 0. The highest BCUT2D eigenvalue weighted by Gasteiger charge is 2.53. The zero-order valence-electron chi connectivity index (χ0n) is 18.1. The Bertz CT molecular complexity index is 1210. The summed E-state index contributed by atoms with van der Waals surface area (Å²) in [6.45, 7) is 1.23. The number of hydrazine groups is 1. The van der Waals surface area contributed by atoms with Crippen molar-refractivity contribution in [2.45, 2.75) is 13.3 Å². The lowest BCUT2D eigenvalue weighted by molar-refractivity contribution is -0.384. The minimum atomic E-state index is -0.715. The predicted octanol–water partition coefficient (Wildman–Crippen LogP) is 3.69. The van der Waals surface area contributed by atoms with Crippen LogP contribution >= 0.6 is 11.6 Å². The molecule has 10 heteroatoms. The summed E-state index contributed by atoms with van der Waals surface area (Å²) in [5.41, 5.74) is 0.0507. The second-order valence-electron chi connectivity index (χ2n) is 8.24. The number of ketones is 1. The number of fused-ring (bicyclic) bond motifs is 1. The number of Topliss-reactive ketones (excluding diaryl/α,β-unsaturated/α-hetero) is 1. The lowest BCUT2D eigenvalue weighted by Gasteiger charge is -2.30. The number of imide groups is 1. The molecule has 2 aromatic rings. The van der Waals surface area contributed by atoms with Crippen LogP contribution in [0.3, 0.4) is 0 Å². The monoisotopic (exact) mass is 481 g/mol. The first-order chi connectivity index (χ1) is 16.2. The van der Waals surface area contributed by atoms with Gasteiger partial charge in [0.15, 0.2) is 5.78 Å². The number of non-ortho nitro benzene ring substituents is 1. The third kappa shape index (κ3) is 4.22. The number of amides is 3. The molecule has 1 aliphatic carbocycles. The molecule has 0 saturated carbocycles. The van der Waals surface area contributed by atoms with Gasteiger partial charge in [-0.25, -0.2) is 5.01 Å². The van der Waals surface area contributed by atoms with E-state index >= 15 is 0 Å². The maximum atomic E-state index is 13.4. The molecule has 3 amide bonds.